The molecule has 2 N–H and O–H groups in total. The number of nitro groups is 1. The van der Waals surface area contributed by atoms with Crippen molar-refractivity contribution >= 4 is 5.69 Å². The van der Waals surface area contributed by atoms with Crippen molar-refractivity contribution in [1.29, 1.82) is 0 Å². The molecule has 5 heteroatoms. The number of nitro benzene ring substituents is 1. The summed E-state index contributed by atoms with van der Waals surface area (Å²) in [6.45, 7) is 1.01. The third kappa shape index (κ3) is 1.73. The molecule has 2 bridgehead atoms. The van der Waals surface area contributed by atoms with Crippen LogP contribution in [-0.2, 0) is 12.0 Å². The molecule has 1 aromatic rings. The first kappa shape index (κ1) is 13.1. The summed E-state index contributed by atoms with van der Waals surface area (Å²) >= 11 is 0. The molecule has 1 saturated heterocycles. The van der Waals surface area contributed by atoms with Crippen LogP contribution in [0.15, 0.2) is 12.1 Å². The maximum Gasteiger partial charge on any atom is 0.310 e. The molecule has 5 nitrogen and oxygen atoms in total. The Hall–Kier alpha value is -1.62. The van der Waals surface area contributed by atoms with Gasteiger partial charge in [-0.15, -0.1) is 0 Å². The van der Waals surface area contributed by atoms with Gasteiger partial charge in [0.25, 0.3) is 0 Å². The summed E-state index contributed by atoms with van der Waals surface area (Å²) < 4.78 is 0. The van der Waals surface area contributed by atoms with E-state index in [1.807, 2.05) is 0 Å². The van der Waals surface area contributed by atoms with E-state index in [2.05, 4.69) is 5.32 Å². The standard InChI is InChI=1S/C16H20N2O3/c19-15-9-13-11(8-14(15)18(20)21)7-10-4-6-17-16(13)5-2-1-3-12(10)16/h8-10,12,17,19H,1-7H2. The zero-order chi connectivity index (χ0) is 14.6. The largest absolute Gasteiger partial charge is 0.502 e. The molecule has 3 unspecified atom stereocenters. The second-order valence-electron chi connectivity index (χ2n) is 6.76. The van der Waals surface area contributed by atoms with Crippen LogP contribution in [-0.4, -0.2) is 16.6 Å². The third-order valence-electron chi connectivity index (χ3n) is 5.85. The van der Waals surface area contributed by atoms with Crippen LogP contribution >= 0.6 is 0 Å². The number of phenolic OH excluding ortho intramolecular Hbond substituents is 1. The minimum absolute atomic E-state index is 0.0542. The molecule has 3 atom stereocenters. The molecule has 3 aliphatic rings. The summed E-state index contributed by atoms with van der Waals surface area (Å²) in [6, 6.07) is 3.28. The van der Waals surface area contributed by atoms with Gasteiger partial charge in [-0.25, -0.2) is 0 Å². The maximum absolute atomic E-state index is 11.1. The van der Waals surface area contributed by atoms with E-state index in [4.69, 9.17) is 0 Å². The Morgan fingerprint density at radius 2 is 2.19 bits per heavy atom. The first-order valence-electron chi connectivity index (χ1n) is 7.87. The van der Waals surface area contributed by atoms with Gasteiger partial charge in [-0.3, -0.25) is 10.1 Å². The molecule has 0 aromatic heterocycles. The number of rotatable bonds is 1. The Morgan fingerprint density at radius 3 is 3.00 bits per heavy atom. The van der Waals surface area contributed by atoms with Gasteiger partial charge in [0.1, 0.15) is 0 Å². The molecular weight excluding hydrogens is 268 g/mol. The zero-order valence-corrected chi connectivity index (χ0v) is 12.0. The van der Waals surface area contributed by atoms with E-state index in [0.717, 1.165) is 36.9 Å². The minimum atomic E-state index is -0.483. The van der Waals surface area contributed by atoms with Crippen LogP contribution in [0.2, 0.25) is 0 Å². The molecule has 2 fully saturated rings. The van der Waals surface area contributed by atoms with Crippen molar-refractivity contribution in [2.24, 2.45) is 11.8 Å². The number of nitrogens with zero attached hydrogens (tertiary/aromatic N) is 1. The SMILES string of the molecule is O=[N+]([O-])c1cc2c(cc1O)C13CCCCC1C(CCN3)C2. The monoisotopic (exact) mass is 288 g/mol. The number of fused-ring (bicyclic) bond motifs is 1. The van der Waals surface area contributed by atoms with Crippen LogP contribution in [0.3, 0.4) is 0 Å². The van der Waals surface area contributed by atoms with Crippen molar-refractivity contribution in [3.05, 3.63) is 33.4 Å². The van der Waals surface area contributed by atoms with Crippen LogP contribution in [0.4, 0.5) is 5.69 Å². The average molecular weight is 288 g/mol. The van der Waals surface area contributed by atoms with Crippen LogP contribution < -0.4 is 5.32 Å². The first-order valence-corrected chi connectivity index (χ1v) is 7.87. The quantitative estimate of drug-likeness (QED) is 0.615. The molecule has 1 saturated carbocycles. The van der Waals surface area contributed by atoms with Crippen LogP contribution in [0.25, 0.3) is 0 Å². The second kappa shape index (κ2) is 4.44. The summed E-state index contributed by atoms with van der Waals surface area (Å²) in [5, 5.41) is 24.8. The lowest BCUT2D eigenvalue weighted by Crippen LogP contribution is -2.59. The summed E-state index contributed by atoms with van der Waals surface area (Å²) in [4.78, 5) is 10.6. The zero-order valence-electron chi connectivity index (χ0n) is 12.0. The molecule has 1 heterocycles. The second-order valence-corrected chi connectivity index (χ2v) is 6.76. The van der Waals surface area contributed by atoms with Gasteiger partial charge in [-0.05, 0) is 61.3 Å². The number of phenols is 1. The number of piperidine rings is 1. The summed E-state index contributed by atoms with van der Waals surface area (Å²) in [5.41, 5.74) is 1.97. The van der Waals surface area contributed by atoms with E-state index in [1.165, 1.54) is 19.3 Å². The summed E-state index contributed by atoms with van der Waals surface area (Å²) in [7, 11) is 0. The number of hydrogen-bond donors (Lipinski definition) is 2. The molecule has 0 amide bonds. The lowest BCUT2D eigenvalue weighted by atomic mass is 9.56. The van der Waals surface area contributed by atoms with Gasteiger partial charge in [0.2, 0.25) is 0 Å². The third-order valence-corrected chi connectivity index (χ3v) is 5.85. The van der Waals surface area contributed by atoms with E-state index < -0.39 is 4.92 Å². The molecule has 0 radical (unpaired) electrons. The number of aromatic hydroxyl groups is 1. The van der Waals surface area contributed by atoms with Crippen molar-refractivity contribution < 1.29 is 10.0 Å². The van der Waals surface area contributed by atoms with Crippen molar-refractivity contribution in [3.63, 3.8) is 0 Å². The van der Waals surface area contributed by atoms with Crippen molar-refractivity contribution in [3.8, 4) is 5.75 Å². The number of benzene rings is 1. The molecule has 112 valence electrons. The van der Waals surface area contributed by atoms with E-state index in [-0.39, 0.29) is 17.0 Å². The van der Waals surface area contributed by atoms with Gasteiger partial charge >= 0.3 is 5.69 Å². The van der Waals surface area contributed by atoms with Crippen molar-refractivity contribution in [2.45, 2.75) is 44.1 Å². The highest BCUT2D eigenvalue weighted by molar-refractivity contribution is 5.55. The Morgan fingerprint density at radius 1 is 1.33 bits per heavy atom. The predicted octanol–water partition coefficient (Wildman–Crippen LogP) is 2.85. The number of hydrogen-bond acceptors (Lipinski definition) is 4. The molecule has 1 aromatic carbocycles. The predicted molar refractivity (Wildman–Crippen MR) is 78.2 cm³/mol. The fraction of sp³-hybridized carbons (Fsp3) is 0.625. The van der Waals surface area contributed by atoms with Gasteiger partial charge in [-0.2, -0.15) is 0 Å². The fourth-order valence-corrected chi connectivity index (χ4v) is 5.05. The number of nitrogens with one attached hydrogen (secondary N) is 1. The Labute approximate surface area is 123 Å². The van der Waals surface area contributed by atoms with Gasteiger partial charge < -0.3 is 10.4 Å². The highest BCUT2D eigenvalue weighted by atomic mass is 16.6. The minimum Gasteiger partial charge on any atom is -0.502 e. The Bertz CT molecular complexity index is 612. The molecule has 0 spiro atoms. The van der Waals surface area contributed by atoms with Gasteiger partial charge in [0.05, 0.1) is 4.92 Å². The van der Waals surface area contributed by atoms with Crippen molar-refractivity contribution in [1.82, 2.24) is 5.32 Å². The van der Waals surface area contributed by atoms with Gasteiger partial charge in [0.15, 0.2) is 5.75 Å². The summed E-state index contributed by atoms with van der Waals surface area (Å²) in [6.07, 6.45) is 6.85. The maximum atomic E-state index is 11.1. The van der Waals surface area contributed by atoms with Crippen LogP contribution in [0.1, 0.15) is 43.2 Å². The Balaban J connectivity index is 1.90. The normalized spacial score (nSPS) is 33.9. The van der Waals surface area contributed by atoms with Crippen LogP contribution in [0.5, 0.6) is 5.75 Å². The summed E-state index contributed by atoms with van der Waals surface area (Å²) in [5.74, 6) is 1.06. The highest BCUT2D eigenvalue weighted by Gasteiger charge is 2.52. The first-order chi connectivity index (χ1) is 10.1. The fourth-order valence-electron chi connectivity index (χ4n) is 5.05. The van der Waals surface area contributed by atoms with Crippen LogP contribution in [0, 0.1) is 22.0 Å². The highest BCUT2D eigenvalue weighted by Crippen LogP contribution is 2.54. The molecular formula is C16H20N2O3. The van der Waals surface area contributed by atoms with E-state index in [9.17, 15) is 15.2 Å². The molecule has 21 heavy (non-hydrogen) atoms. The molecule has 2 aliphatic carbocycles. The topological polar surface area (TPSA) is 75.4 Å². The average Bonchev–Trinajstić information content (AvgIpc) is 2.47. The lowest BCUT2D eigenvalue weighted by molar-refractivity contribution is -0.386. The smallest absolute Gasteiger partial charge is 0.310 e. The van der Waals surface area contributed by atoms with E-state index in [0.29, 0.717) is 11.8 Å². The molecule has 1 aliphatic heterocycles. The lowest BCUT2D eigenvalue weighted by Gasteiger charge is -2.56. The van der Waals surface area contributed by atoms with E-state index >= 15 is 0 Å². The molecule has 4 rings (SSSR count). The van der Waals surface area contributed by atoms with Crippen molar-refractivity contribution in [2.75, 3.05) is 6.54 Å². The van der Waals surface area contributed by atoms with E-state index in [1.54, 1.807) is 12.1 Å². The van der Waals surface area contributed by atoms with Gasteiger partial charge in [-0.1, -0.05) is 12.8 Å². The Kier molecular flexibility index (Phi) is 2.76. The van der Waals surface area contributed by atoms with Gasteiger partial charge in [0, 0.05) is 11.6 Å².